The van der Waals surface area contributed by atoms with Gasteiger partial charge in [-0.3, -0.25) is 4.79 Å². The summed E-state index contributed by atoms with van der Waals surface area (Å²) in [6.45, 7) is 1.98. The van der Waals surface area contributed by atoms with E-state index in [2.05, 4.69) is 32.9 Å². The van der Waals surface area contributed by atoms with Gasteiger partial charge >= 0.3 is 0 Å². The molecule has 5 nitrogen and oxygen atoms in total. The average molecular weight is 368 g/mol. The molecule has 1 heterocycles. The number of hydrogen-bond donors (Lipinski definition) is 3. The average Bonchev–Trinajstić information content (AvgIpc) is 2.36. The van der Waals surface area contributed by atoms with Crippen LogP contribution in [0.15, 0.2) is 30.3 Å². The summed E-state index contributed by atoms with van der Waals surface area (Å²) in [5, 5.41) is 3.13. The summed E-state index contributed by atoms with van der Waals surface area (Å²) < 4.78 is 1.09. The number of amides is 1. The molecule has 0 aliphatic carbocycles. The van der Waals surface area contributed by atoms with Crippen LogP contribution in [-0.4, -0.2) is 10.9 Å². The lowest BCUT2D eigenvalue weighted by Crippen LogP contribution is -2.14. The van der Waals surface area contributed by atoms with E-state index in [-0.39, 0.29) is 5.69 Å². The molecule has 1 aromatic heterocycles. The highest BCUT2D eigenvalue weighted by Gasteiger charge is 2.08. The van der Waals surface area contributed by atoms with Crippen LogP contribution < -0.4 is 16.8 Å². The summed E-state index contributed by atoms with van der Waals surface area (Å²) in [5.74, 6) is -0.149. The molecule has 98 valence electrons. The van der Waals surface area contributed by atoms with Gasteiger partial charge in [0.2, 0.25) is 0 Å². The van der Waals surface area contributed by atoms with Gasteiger partial charge in [-0.05, 0) is 59.3 Å². The van der Waals surface area contributed by atoms with Crippen LogP contribution in [0, 0.1) is 10.5 Å². The van der Waals surface area contributed by atoms with E-state index in [1.807, 2.05) is 25.1 Å². The molecular formula is C13H13IN4O. The van der Waals surface area contributed by atoms with E-state index in [9.17, 15) is 4.79 Å². The lowest BCUT2D eigenvalue weighted by Gasteiger charge is -2.12. The Morgan fingerprint density at radius 3 is 2.74 bits per heavy atom. The van der Waals surface area contributed by atoms with Gasteiger partial charge in [-0.2, -0.15) is 0 Å². The molecule has 2 aromatic rings. The zero-order chi connectivity index (χ0) is 14.0. The molecule has 0 spiro atoms. The van der Waals surface area contributed by atoms with Crippen molar-refractivity contribution in [2.45, 2.75) is 6.92 Å². The minimum atomic E-state index is -0.581. The van der Waals surface area contributed by atoms with E-state index in [0.29, 0.717) is 11.5 Å². The zero-order valence-corrected chi connectivity index (χ0v) is 12.4. The van der Waals surface area contributed by atoms with Crippen molar-refractivity contribution in [1.29, 1.82) is 0 Å². The fourth-order valence-corrected chi connectivity index (χ4v) is 2.05. The van der Waals surface area contributed by atoms with Gasteiger partial charge in [-0.1, -0.05) is 6.07 Å². The largest absolute Gasteiger partial charge is 0.396 e. The normalized spacial score (nSPS) is 10.2. The number of halogens is 1. The van der Waals surface area contributed by atoms with E-state index in [1.54, 1.807) is 6.07 Å². The van der Waals surface area contributed by atoms with E-state index >= 15 is 0 Å². The molecule has 6 heteroatoms. The Morgan fingerprint density at radius 2 is 2.05 bits per heavy atom. The number of carbonyl (C=O) groups excluding carboxylic acids is 1. The first-order valence-corrected chi connectivity index (χ1v) is 6.65. The van der Waals surface area contributed by atoms with Gasteiger partial charge in [0.05, 0.1) is 5.69 Å². The van der Waals surface area contributed by atoms with Gasteiger partial charge in [-0.25, -0.2) is 4.98 Å². The highest BCUT2D eigenvalue weighted by Crippen LogP contribution is 2.25. The number of rotatable bonds is 3. The first-order chi connectivity index (χ1) is 8.97. The summed E-state index contributed by atoms with van der Waals surface area (Å²) in [7, 11) is 0. The lowest BCUT2D eigenvalue weighted by atomic mass is 10.2. The van der Waals surface area contributed by atoms with Gasteiger partial charge in [0.25, 0.3) is 5.91 Å². The van der Waals surface area contributed by atoms with Crippen molar-refractivity contribution in [3.8, 4) is 0 Å². The summed E-state index contributed by atoms with van der Waals surface area (Å²) >= 11 is 2.23. The molecular weight excluding hydrogens is 355 g/mol. The topological polar surface area (TPSA) is 94.0 Å². The third-order valence-corrected chi connectivity index (χ3v) is 3.30. The summed E-state index contributed by atoms with van der Waals surface area (Å²) in [5.41, 5.74) is 13.7. The number of nitrogens with one attached hydrogen (secondary N) is 1. The zero-order valence-electron chi connectivity index (χ0n) is 10.3. The molecule has 0 saturated heterocycles. The maximum atomic E-state index is 11.1. The summed E-state index contributed by atoms with van der Waals surface area (Å²) in [6, 6.07) is 9.10. The molecule has 19 heavy (non-hydrogen) atoms. The molecule has 5 N–H and O–H groups in total. The first kappa shape index (κ1) is 13.6. The Bertz CT molecular complexity index is 643. The molecule has 0 fully saturated rings. The van der Waals surface area contributed by atoms with Gasteiger partial charge in [0.1, 0.15) is 5.69 Å². The predicted octanol–water partition coefficient (Wildman–Crippen LogP) is 2.42. The number of pyridine rings is 1. The van der Waals surface area contributed by atoms with Crippen molar-refractivity contribution in [2.75, 3.05) is 11.1 Å². The van der Waals surface area contributed by atoms with E-state index < -0.39 is 5.91 Å². The van der Waals surface area contributed by atoms with Crippen molar-refractivity contribution < 1.29 is 4.79 Å². The summed E-state index contributed by atoms with van der Waals surface area (Å²) in [4.78, 5) is 15.3. The van der Waals surface area contributed by atoms with Crippen LogP contribution in [-0.2, 0) is 0 Å². The second-order valence-corrected chi connectivity index (χ2v) is 5.33. The SMILES string of the molecule is Cc1ccc(I)cc1Nc1nc(C(N)=O)ccc1N. The predicted molar refractivity (Wildman–Crippen MR) is 84.3 cm³/mol. The Balaban J connectivity index is 2.40. The third kappa shape index (κ3) is 3.14. The van der Waals surface area contributed by atoms with Crippen LogP contribution in [0.2, 0.25) is 0 Å². The highest BCUT2D eigenvalue weighted by atomic mass is 127. The fraction of sp³-hybridized carbons (Fsp3) is 0.0769. The first-order valence-electron chi connectivity index (χ1n) is 5.57. The fourth-order valence-electron chi connectivity index (χ4n) is 1.56. The van der Waals surface area contributed by atoms with Crippen LogP contribution in [0.25, 0.3) is 0 Å². The third-order valence-electron chi connectivity index (χ3n) is 2.63. The van der Waals surface area contributed by atoms with Gasteiger partial charge in [0, 0.05) is 9.26 Å². The van der Waals surface area contributed by atoms with E-state index in [0.717, 1.165) is 14.8 Å². The number of aryl methyl sites for hydroxylation is 1. The number of aromatic nitrogens is 1. The van der Waals surface area contributed by atoms with Crippen molar-refractivity contribution in [3.05, 3.63) is 45.2 Å². The highest BCUT2D eigenvalue weighted by molar-refractivity contribution is 14.1. The van der Waals surface area contributed by atoms with Crippen molar-refractivity contribution in [2.24, 2.45) is 5.73 Å². The van der Waals surface area contributed by atoms with Crippen LogP contribution in [0.5, 0.6) is 0 Å². The number of nitrogens with two attached hydrogens (primary N) is 2. The molecule has 0 bridgehead atoms. The number of nitrogen functional groups attached to an aromatic ring is 1. The number of nitrogens with zero attached hydrogens (tertiary/aromatic N) is 1. The monoisotopic (exact) mass is 368 g/mol. The number of carbonyl (C=O) groups is 1. The Hall–Kier alpha value is -1.83. The van der Waals surface area contributed by atoms with Crippen molar-refractivity contribution in [3.63, 3.8) is 0 Å². The van der Waals surface area contributed by atoms with Crippen LogP contribution in [0.3, 0.4) is 0 Å². The molecule has 0 unspecified atom stereocenters. The standard InChI is InChI=1S/C13H13IN4O/c1-7-2-3-8(14)6-11(7)18-13-9(15)4-5-10(17-13)12(16)19/h2-6H,15H2,1H3,(H2,16,19)(H,17,18). The Labute approximate surface area is 124 Å². The molecule has 0 aliphatic heterocycles. The van der Waals surface area contributed by atoms with E-state index in [4.69, 9.17) is 11.5 Å². The maximum Gasteiger partial charge on any atom is 0.267 e. The molecule has 0 aliphatic rings. The van der Waals surface area contributed by atoms with Gasteiger partial charge in [0.15, 0.2) is 5.82 Å². The number of hydrogen-bond acceptors (Lipinski definition) is 4. The van der Waals surface area contributed by atoms with Gasteiger partial charge < -0.3 is 16.8 Å². The molecule has 0 saturated carbocycles. The second kappa shape index (κ2) is 5.43. The van der Waals surface area contributed by atoms with Crippen LogP contribution in [0.1, 0.15) is 16.1 Å². The van der Waals surface area contributed by atoms with Crippen molar-refractivity contribution in [1.82, 2.24) is 4.98 Å². The van der Waals surface area contributed by atoms with E-state index in [1.165, 1.54) is 6.07 Å². The van der Waals surface area contributed by atoms with Gasteiger partial charge in [-0.15, -0.1) is 0 Å². The van der Waals surface area contributed by atoms with Crippen LogP contribution in [0.4, 0.5) is 17.2 Å². The van der Waals surface area contributed by atoms with Crippen LogP contribution >= 0.6 is 22.6 Å². The summed E-state index contributed by atoms with van der Waals surface area (Å²) in [6.07, 6.45) is 0. The smallest absolute Gasteiger partial charge is 0.267 e. The molecule has 1 amide bonds. The second-order valence-electron chi connectivity index (χ2n) is 4.08. The molecule has 1 aromatic carbocycles. The number of benzene rings is 1. The molecule has 2 rings (SSSR count). The minimum absolute atomic E-state index is 0.181. The van der Waals surface area contributed by atoms with Crippen molar-refractivity contribution >= 4 is 45.7 Å². The quantitative estimate of drug-likeness (QED) is 0.726. The number of primary amides is 1. The lowest BCUT2D eigenvalue weighted by molar-refractivity contribution is 0.0996. The molecule has 0 atom stereocenters. The minimum Gasteiger partial charge on any atom is -0.396 e. The Kier molecular flexibility index (Phi) is 3.89. The molecule has 0 radical (unpaired) electrons. The number of anilines is 3. The maximum absolute atomic E-state index is 11.1. The Morgan fingerprint density at radius 1 is 1.32 bits per heavy atom.